The van der Waals surface area contributed by atoms with Crippen molar-refractivity contribution in [2.45, 2.75) is 0 Å². The fourth-order valence-corrected chi connectivity index (χ4v) is 2.65. The van der Waals surface area contributed by atoms with Gasteiger partial charge in [-0.15, -0.1) is 0 Å². The van der Waals surface area contributed by atoms with Gasteiger partial charge < -0.3 is 0 Å². The molecule has 0 aromatic heterocycles. The summed E-state index contributed by atoms with van der Waals surface area (Å²) in [5, 5.41) is 0.154. The lowest BCUT2D eigenvalue weighted by atomic mass is 10.1. The molecule has 3 nitrogen and oxygen atoms in total. The minimum Gasteiger partial charge on any atom is -0.268 e. The molecule has 0 saturated carbocycles. The van der Waals surface area contributed by atoms with Crippen LogP contribution in [0.1, 0.15) is 26.3 Å². The number of hydrogen-bond donors (Lipinski definition) is 0. The lowest BCUT2D eigenvalue weighted by Crippen LogP contribution is -2.29. The Labute approximate surface area is 141 Å². The van der Waals surface area contributed by atoms with E-state index in [9.17, 15) is 9.59 Å². The van der Waals surface area contributed by atoms with Gasteiger partial charge >= 0.3 is 0 Å². The molecule has 1 aliphatic rings. The molecule has 0 aliphatic carbocycles. The highest BCUT2D eigenvalue weighted by Crippen LogP contribution is 2.33. The van der Waals surface area contributed by atoms with Gasteiger partial charge in [0, 0.05) is 0 Å². The van der Waals surface area contributed by atoms with Gasteiger partial charge in [0.25, 0.3) is 11.8 Å². The molecule has 2 aromatic rings. The molecular weight excluding hydrogens is 345 g/mol. The molecule has 2 amide bonds. The molecule has 6 heteroatoms. The average molecular weight is 353 g/mol. The van der Waals surface area contributed by atoms with E-state index in [4.69, 9.17) is 34.8 Å². The predicted octanol–water partition coefficient (Wildman–Crippen LogP) is 4.83. The Hall–Kier alpha value is -1.81. The minimum absolute atomic E-state index is 0.0822. The molecule has 2 aromatic carbocycles. The minimum atomic E-state index is -0.366. The second-order valence-corrected chi connectivity index (χ2v) is 5.94. The largest absolute Gasteiger partial charge is 0.268 e. The Morgan fingerprint density at radius 1 is 0.818 bits per heavy atom. The number of carbonyl (C=O) groups is 2. The van der Waals surface area contributed by atoms with E-state index in [1.807, 2.05) is 0 Å². The van der Waals surface area contributed by atoms with Crippen LogP contribution in [0.25, 0.3) is 5.03 Å². The second kappa shape index (κ2) is 5.76. The van der Waals surface area contributed by atoms with Crippen LogP contribution in [0.3, 0.4) is 0 Å². The molecule has 0 unspecified atom stereocenters. The maximum absolute atomic E-state index is 12.4. The van der Waals surface area contributed by atoms with E-state index < -0.39 is 0 Å². The normalized spacial score (nSPS) is 13.3. The van der Waals surface area contributed by atoms with E-state index in [-0.39, 0.29) is 21.3 Å². The van der Waals surface area contributed by atoms with Crippen LogP contribution in [0.4, 0.5) is 5.69 Å². The van der Waals surface area contributed by atoms with Gasteiger partial charge in [-0.05, 0) is 29.8 Å². The number of carbonyl (C=O) groups excluding carboxylic acids is 2. The van der Waals surface area contributed by atoms with Crippen LogP contribution in [-0.2, 0) is 0 Å². The van der Waals surface area contributed by atoms with Crippen molar-refractivity contribution in [3.05, 3.63) is 69.7 Å². The third-order valence-corrected chi connectivity index (χ3v) is 4.30. The molecule has 0 fully saturated rings. The van der Waals surface area contributed by atoms with E-state index in [0.29, 0.717) is 22.4 Å². The van der Waals surface area contributed by atoms with Crippen LogP contribution < -0.4 is 4.90 Å². The van der Waals surface area contributed by atoms with Gasteiger partial charge in [-0.3, -0.25) is 9.59 Å². The first kappa shape index (κ1) is 15.1. The smallest absolute Gasteiger partial charge is 0.266 e. The van der Waals surface area contributed by atoms with Crippen LogP contribution in [-0.4, -0.2) is 11.8 Å². The van der Waals surface area contributed by atoms with Crippen molar-refractivity contribution in [1.29, 1.82) is 0 Å². The molecule has 22 heavy (non-hydrogen) atoms. The van der Waals surface area contributed by atoms with Crippen LogP contribution in [0.5, 0.6) is 0 Å². The lowest BCUT2D eigenvalue weighted by Gasteiger charge is -2.15. The Morgan fingerprint density at radius 2 is 1.41 bits per heavy atom. The van der Waals surface area contributed by atoms with Crippen molar-refractivity contribution < 1.29 is 9.59 Å². The summed E-state index contributed by atoms with van der Waals surface area (Å²) in [6.45, 7) is 0. The Kier molecular flexibility index (Phi) is 3.96. The molecular formula is C16H8Cl3NO2. The highest BCUT2D eigenvalue weighted by atomic mass is 35.5. The summed E-state index contributed by atoms with van der Waals surface area (Å²) < 4.78 is -0.0822. The number of rotatable bonds is 2. The van der Waals surface area contributed by atoms with E-state index in [2.05, 4.69) is 0 Å². The number of anilines is 1. The zero-order chi connectivity index (χ0) is 15.9. The van der Waals surface area contributed by atoms with Crippen molar-refractivity contribution in [3.63, 3.8) is 0 Å². The Morgan fingerprint density at radius 3 is 1.95 bits per heavy atom. The number of halogens is 3. The van der Waals surface area contributed by atoms with E-state index >= 15 is 0 Å². The van der Waals surface area contributed by atoms with Gasteiger partial charge in [0.15, 0.2) is 0 Å². The molecule has 0 bridgehead atoms. The standard InChI is InChI=1S/C16H8Cl3NO2/c17-13(14(18)19)9-4-3-5-10(8-9)20-15(21)11-6-1-2-7-12(11)16(20)22/h1-8H. The Bertz CT molecular complexity index is 791. The number of benzene rings is 2. The summed E-state index contributed by atoms with van der Waals surface area (Å²) in [5.41, 5.74) is 1.71. The molecule has 1 heterocycles. The first-order chi connectivity index (χ1) is 10.5. The van der Waals surface area contributed by atoms with Crippen LogP contribution >= 0.6 is 34.8 Å². The summed E-state index contributed by atoms with van der Waals surface area (Å²) in [5.74, 6) is -0.732. The predicted molar refractivity (Wildman–Crippen MR) is 88.5 cm³/mol. The Balaban J connectivity index is 2.07. The number of hydrogen-bond acceptors (Lipinski definition) is 2. The van der Waals surface area contributed by atoms with Gasteiger partial charge in [-0.25, -0.2) is 4.90 Å². The number of amides is 2. The molecule has 0 radical (unpaired) electrons. The third kappa shape index (κ3) is 2.41. The van der Waals surface area contributed by atoms with Crippen molar-refractivity contribution >= 4 is 57.3 Å². The zero-order valence-electron chi connectivity index (χ0n) is 11.0. The first-order valence-electron chi connectivity index (χ1n) is 6.29. The maximum Gasteiger partial charge on any atom is 0.266 e. The molecule has 1 aliphatic heterocycles. The molecule has 0 saturated heterocycles. The molecule has 0 N–H and O–H groups in total. The fourth-order valence-electron chi connectivity index (χ4n) is 2.31. The van der Waals surface area contributed by atoms with Gasteiger partial charge in [0.05, 0.1) is 21.8 Å². The van der Waals surface area contributed by atoms with Gasteiger partial charge in [0.2, 0.25) is 0 Å². The monoisotopic (exact) mass is 351 g/mol. The van der Waals surface area contributed by atoms with Gasteiger partial charge in [-0.1, -0.05) is 59.1 Å². The first-order valence-corrected chi connectivity index (χ1v) is 7.43. The van der Waals surface area contributed by atoms with E-state index in [1.54, 1.807) is 48.5 Å². The number of imide groups is 1. The molecule has 110 valence electrons. The van der Waals surface area contributed by atoms with Gasteiger partial charge in [-0.2, -0.15) is 0 Å². The SMILES string of the molecule is O=C1c2ccccc2C(=O)N1c1cccc(C(Cl)=C(Cl)Cl)c1. The molecule has 0 spiro atoms. The van der Waals surface area contributed by atoms with Crippen LogP contribution in [0.15, 0.2) is 53.0 Å². The molecule has 3 rings (SSSR count). The topological polar surface area (TPSA) is 37.4 Å². The summed E-state index contributed by atoms with van der Waals surface area (Å²) in [6, 6.07) is 13.3. The van der Waals surface area contributed by atoms with Crippen molar-refractivity contribution in [3.8, 4) is 0 Å². The summed E-state index contributed by atoms with van der Waals surface area (Å²) in [7, 11) is 0. The highest BCUT2D eigenvalue weighted by molar-refractivity contribution is 6.66. The van der Waals surface area contributed by atoms with Gasteiger partial charge in [0.1, 0.15) is 4.49 Å². The highest BCUT2D eigenvalue weighted by Gasteiger charge is 2.36. The number of nitrogens with zero attached hydrogens (tertiary/aromatic N) is 1. The summed E-state index contributed by atoms with van der Waals surface area (Å²) >= 11 is 17.4. The van der Waals surface area contributed by atoms with Crippen LogP contribution in [0.2, 0.25) is 0 Å². The second-order valence-electron chi connectivity index (χ2n) is 4.62. The molecule has 0 atom stereocenters. The quantitative estimate of drug-likeness (QED) is 0.726. The van der Waals surface area contributed by atoms with Crippen LogP contribution in [0, 0.1) is 0 Å². The number of fused-ring (bicyclic) bond motifs is 1. The van der Waals surface area contributed by atoms with Crippen molar-refractivity contribution in [2.75, 3.05) is 4.90 Å². The average Bonchev–Trinajstić information content (AvgIpc) is 2.78. The third-order valence-electron chi connectivity index (χ3n) is 3.32. The van der Waals surface area contributed by atoms with Crippen molar-refractivity contribution in [1.82, 2.24) is 0 Å². The summed E-state index contributed by atoms with van der Waals surface area (Å²) in [4.78, 5) is 26.0. The fraction of sp³-hybridized carbons (Fsp3) is 0. The zero-order valence-corrected chi connectivity index (χ0v) is 13.3. The summed E-state index contributed by atoms with van der Waals surface area (Å²) in [6.07, 6.45) is 0. The maximum atomic E-state index is 12.4. The van der Waals surface area contributed by atoms with Crippen molar-refractivity contribution in [2.24, 2.45) is 0 Å². The van der Waals surface area contributed by atoms with E-state index in [1.165, 1.54) is 0 Å². The van der Waals surface area contributed by atoms with E-state index in [0.717, 1.165) is 4.90 Å². The lowest BCUT2D eigenvalue weighted by molar-refractivity contribution is 0.0926.